The molecule has 34 heavy (non-hydrogen) atoms. The summed E-state index contributed by atoms with van der Waals surface area (Å²) in [5, 5.41) is 0. The molecule has 0 aliphatic carbocycles. The lowest BCUT2D eigenvalue weighted by atomic mass is 9.86. The molecule has 1 aromatic heterocycles. The fraction of sp³-hybridized carbons (Fsp3) is 0.786. The lowest BCUT2D eigenvalue weighted by Crippen LogP contribution is -2.24. The molecule has 0 aromatic carbocycles. The van der Waals surface area contributed by atoms with Crippen molar-refractivity contribution >= 4 is 5.97 Å². The second kappa shape index (κ2) is 15.2. The van der Waals surface area contributed by atoms with Crippen LogP contribution in [0.5, 0.6) is 17.4 Å². The number of carbonyl (C=O) groups is 1. The van der Waals surface area contributed by atoms with Gasteiger partial charge >= 0.3 is 5.97 Å². The average Bonchev–Trinajstić information content (AvgIpc) is 2.77. The molecule has 0 aliphatic heterocycles. The summed E-state index contributed by atoms with van der Waals surface area (Å²) in [6.45, 7) is 14.8. The molecular formula is C28H49NO5. The van der Waals surface area contributed by atoms with Crippen LogP contribution in [0, 0.1) is 30.6 Å². The van der Waals surface area contributed by atoms with Gasteiger partial charge in [0.2, 0.25) is 5.75 Å². The quantitative estimate of drug-likeness (QED) is 0.243. The first-order valence-corrected chi connectivity index (χ1v) is 12.9. The van der Waals surface area contributed by atoms with Crippen LogP contribution in [0.4, 0.5) is 0 Å². The van der Waals surface area contributed by atoms with E-state index < -0.39 is 5.97 Å². The molecule has 6 nitrogen and oxygen atoms in total. The van der Waals surface area contributed by atoms with Crippen LogP contribution in [0.3, 0.4) is 0 Å². The third-order valence-electron chi connectivity index (χ3n) is 6.74. The molecule has 0 aliphatic rings. The van der Waals surface area contributed by atoms with Gasteiger partial charge in [-0.05, 0) is 56.3 Å². The normalized spacial score (nSPS) is 15.0. The number of rotatable bonds is 16. The Morgan fingerprint density at radius 1 is 0.882 bits per heavy atom. The molecule has 0 N–H and O–H groups in total. The van der Waals surface area contributed by atoms with Crippen LogP contribution in [-0.2, 0) is 16.0 Å². The molecule has 1 rings (SSSR count). The van der Waals surface area contributed by atoms with E-state index in [4.69, 9.17) is 18.9 Å². The molecule has 0 bridgehead atoms. The Labute approximate surface area is 208 Å². The van der Waals surface area contributed by atoms with Crippen molar-refractivity contribution in [2.45, 2.75) is 99.5 Å². The first-order chi connectivity index (χ1) is 16.0. The fourth-order valence-electron chi connectivity index (χ4n) is 4.76. The number of carbonyl (C=O) groups excluding carboxylic acids is 1. The minimum absolute atomic E-state index is 0.349. The van der Waals surface area contributed by atoms with E-state index in [-0.39, 0.29) is 0 Å². The van der Waals surface area contributed by atoms with E-state index in [1.165, 1.54) is 39.7 Å². The highest BCUT2D eigenvalue weighted by Gasteiger charge is 2.23. The smallest absolute Gasteiger partial charge is 0.308 e. The van der Waals surface area contributed by atoms with Gasteiger partial charge in [-0.2, -0.15) is 0 Å². The number of aryl methyl sites for hydroxylation is 1. The zero-order chi connectivity index (χ0) is 25.8. The summed E-state index contributed by atoms with van der Waals surface area (Å²) in [6, 6.07) is 0. The Morgan fingerprint density at radius 3 is 2.06 bits per heavy atom. The third-order valence-corrected chi connectivity index (χ3v) is 6.74. The second-order valence-corrected chi connectivity index (χ2v) is 10.4. The molecule has 4 atom stereocenters. The number of ether oxygens (including phenoxy) is 4. The highest BCUT2D eigenvalue weighted by atomic mass is 16.6. The molecule has 1 heterocycles. The fourth-order valence-corrected chi connectivity index (χ4v) is 4.76. The van der Waals surface area contributed by atoms with Crippen LogP contribution in [0.25, 0.3) is 0 Å². The number of hydrogen-bond donors (Lipinski definition) is 0. The lowest BCUT2D eigenvalue weighted by molar-refractivity contribution is -0.132. The summed E-state index contributed by atoms with van der Waals surface area (Å²) in [6.07, 6.45) is 8.20. The lowest BCUT2D eigenvalue weighted by Gasteiger charge is -2.27. The van der Waals surface area contributed by atoms with E-state index in [1.54, 1.807) is 7.11 Å². The monoisotopic (exact) mass is 479 g/mol. The number of esters is 1. The predicted molar refractivity (Wildman–Crippen MR) is 138 cm³/mol. The molecule has 0 saturated carbocycles. The summed E-state index contributed by atoms with van der Waals surface area (Å²) in [7, 11) is 4.92. The van der Waals surface area contributed by atoms with E-state index in [0.29, 0.717) is 47.2 Å². The van der Waals surface area contributed by atoms with Crippen molar-refractivity contribution in [3.8, 4) is 17.4 Å². The maximum absolute atomic E-state index is 11.6. The van der Waals surface area contributed by atoms with Gasteiger partial charge in [-0.25, -0.2) is 4.98 Å². The van der Waals surface area contributed by atoms with E-state index in [2.05, 4.69) is 39.6 Å². The SMILES string of the molecule is COc1nc(CCC(C)CCCC(C)CC(C)C(CC(C)C)OC)c(C)c(OC(C)=O)c1OC. The van der Waals surface area contributed by atoms with Crippen LogP contribution < -0.4 is 14.2 Å². The van der Waals surface area contributed by atoms with Crippen molar-refractivity contribution in [3.63, 3.8) is 0 Å². The highest BCUT2D eigenvalue weighted by molar-refractivity contribution is 5.72. The van der Waals surface area contributed by atoms with E-state index >= 15 is 0 Å². The number of nitrogens with zero attached hydrogens (tertiary/aromatic N) is 1. The molecule has 0 radical (unpaired) electrons. The van der Waals surface area contributed by atoms with Crippen LogP contribution in [-0.4, -0.2) is 38.4 Å². The van der Waals surface area contributed by atoms with Crippen molar-refractivity contribution in [2.75, 3.05) is 21.3 Å². The Morgan fingerprint density at radius 2 is 1.53 bits per heavy atom. The second-order valence-electron chi connectivity index (χ2n) is 10.4. The molecular weight excluding hydrogens is 430 g/mol. The van der Waals surface area contributed by atoms with Gasteiger partial charge in [-0.15, -0.1) is 0 Å². The maximum Gasteiger partial charge on any atom is 0.308 e. The van der Waals surface area contributed by atoms with E-state index in [9.17, 15) is 4.79 Å². The number of aromatic nitrogens is 1. The van der Waals surface area contributed by atoms with Gasteiger partial charge in [0.25, 0.3) is 5.88 Å². The van der Waals surface area contributed by atoms with Gasteiger partial charge in [0.15, 0.2) is 5.75 Å². The summed E-state index contributed by atoms with van der Waals surface area (Å²) < 4.78 is 22.0. The van der Waals surface area contributed by atoms with Crippen LogP contribution in [0.15, 0.2) is 0 Å². The van der Waals surface area contributed by atoms with Gasteiger partial charge in [-0.3, -0.25) is 4.79 Å². The van der Waals surface area contributed by atoms with Gasteiger partial charge in [0.1, 0.15) is 0 Å². The zero-order valence-electron chi connectivity index (χ0n) is 23.3. The number of methoxy groups -OCH3 is 3. The summed E-state index contributed by atoms with van der Waals surface area (Å²) in [4.78, 5) is 16.2. The molecule has 4 unspecified atom stereocenters. The zero-order valence-corrected chi connectivity index (χ0v) is 23.3. The van der Waals surface area contributed by atoms with Crippen LogP contribution in [0.1, 0.15) is 91.3 Å². The van der Waals surface area contributed by atoms with E-state index in [0.717, 1.165) is 30.5 Å². The first kappa shape index (κ1) is 30.2. The standard InChI is InChI=1S/C28H49NO5/c1-18(2)16-25(31-8)21(5)17-20(4)13-11-12-19(3)14-15-24-22(6)26(34-23(7)30)27(32-9)28(29-24)33-10/h18-21,25H,11-17H2,1-10H3. The first-order valence-electron chi connectivity index (χ1n) is 12.9. The van der Waals surface area contributed by atoms with Crippen molar-refractivity contribution in [3.05, 3.63) is 11.3 Å². The molecule has 0 fully saturated rings. The Bertz CT molecular complexity index is 749. The Balaban J connectivity index is 2.61. The minimum Gasteiger partial charge on any atom is -0.489 e. The van der Waals surface area contributed by atoms with Gasteiger partial charge < -0.3 is 18.9 Å². The Hall–Kier alpha value is -1.82. The van der Waals surface area contributed by atoms with Gasteiger partial charge in [0.05, 0.1) is 26.0 Å². The van der Waals surface area contributed by atoms with Gasteiger partial charge in [0, 0.05) is 19.6 Å². The Kier molecular flexibility index (Phi) is 13.5. The van der Waals surface area contributed by atoms with Crippen molar-refractivity contribution in [1.29, 1.82) is 0 Å². The third kappa shape index (κ3) is 9.81. The van der Waals surface area contributed by atoms with Crippen LogP contribution in [0.2, 0.25) is 0 Å². The number of pyridine rings is 1. The maximum atomic E-state index is 11.6. The summed E-state index contributed by atoms with van der Waals surface area (Å²) in [5.41, 5.74) is 1.72. The van der Waals surface area contributed by atoms with E-state index in [1.807, 2.05) is 14.0 Å². The molecule has 196 valence electrons. The highest BCUT2D eigenvalue weighted by Crippen LogP contribution is 2.40. The van der Waals surface area contributed by atoms with Crippen molar-refractivity contribution in [2.24, 2.45) is 23.7 Å². The summed E-state index contributed by atoms with van der Waals surface area (Å²) in [5.74, 6) is 3.26. The predicted octanol–water partition coefficient (Wildman–Crippen LogP) is 6.79. The molecule has 6 heteroatoms. The topological polar surface area (TPSA) is 66.9 Å². The molecule has 1 aromatic rings. The summed E-state index contributed by atoms with van der Waals surface area (Å²) >= 11 is 0. The molecule has 0 spiro atoms. The minimum atomic E-state index is -0.390. The largest absolute Gasteiger partial charge is 0.489 e. The van der Waals surface area contributed by atoms with Gasteiger partial charge in [-0.1, -0.05) is 53.9 Å². The molecule has 0 amide bonds. The van der Waals surface area contributed by atoms with Crippen molar-refractivity contribution < 1.29 is 23.7 Å². The van der Waals surface area contributed by atoms with Crippen molar-refractivity contribution in [1.82, 2.24) is 4.98 Å². The average molecular weight is 480 g/mol. The van der Waals surface area contributed by atoms with Crippen LogP contribution >= 0.6 is 0 Å². The number of hydrogen-bond acceptors (Lipinski definition) is 6. The molecule has 0 saturated heterocycles.